The number of nitrogens with zero attached hydrogens (tertiary/aromatic N) is 2. The smallest absolute Gasteiger partial charge is 0.148 e. The fraction of sp³-hybridized carbons (Fsp3) is 0.240. The standard InChI is InChI=1S/C25H26N2O3/c1-3-19-8-10-22(11-9-19)30-18-25-26-23-6-4-5-7-24(23)27(25)16-17-29-21-14-12-20(28-2)13-15-21/h4-15H,3,16-18H2,1-2H3. The summed E-state index contributed by atoms with van der Waals surface area (Å²) in [6, 6.07) is 24.0. The van der Waals surface area contributed by atoms with Crippen LogP contribution in [0.1, 0.15) is 18.3 Å². The lowest BCUT2D eigenvalue weighted by Crippen LogP contribution is -2.13. The van der Waals surface area contributed by atoms with Crippen LogP contribution in [0.5, 0.6) is 17.2 Å². The number of imidazole rings is 1. The Labute approximate surface area is 176 Å². The first-order valence-corrected chi connectivity index (χ1v) is 10.2. The maximum Gasteiger partial charge on any atom is 0.148 e. The highest BCUT2D eigenvalue weighted by Crippen LogP contribution is 2.20. The first-order valence-electron chi connectivity index (χ1n) is 10.2. The molecule has 0 saturated heterocycles. The van der Waals surface area contributed by atoms with E-state index in [4.69, 9.17) is 19.2 Å². The molecule has 1 heterocycles. The molecule has 0 aliphatic rings. The van der Waals surface area contributed by atoms with E-state index >= 15 is 0 Å². The third-order valence-corrected chi connectivity index (χ3v) is 5.08. The maximum absolute atomic E-state index is 6.01. The molecule has 0 fully saturated rings. The van der Waals surface area contributed by atoms with Crippen molar-refractivity contribution in [3.8, 4) is 17.2 Å². The molecule has 154 valence electrons. The maximum atomic E-state index is 6.01. The van der Waals surface area contributed by atoms with Crippen molar-refractivity contribution in [1.29, 1.82) is 0 Å². The van der Waals surface area contributed by atoms with Gasteiger partial charge in [0.05, 0.1) is 24.7 Å². The summed E-state index contributed by atoms with van der Waals surface area (Å²) in [6.45, 7) is 3.76. The summed E-state index contributed by atoms with van der Waals surface area (Å²) in [4.78, 5) is 4.78. The third-order valence-electron chi connectivity index (χ3n) is 5.08. The fourth-order valence-electron chi connectivity index (χ4n) is 3.38. The molecule has 4 aromatic rings. The summed E-state index contributed by atoms with van der Waals surface area (Å²) in [7, 11) is 1.65. The van der Waals surface area contributed by atoms with Gasteiger partial charge in [0.15, 0.2) is 0 Å². The molecule has 4 rings (SSSR count). The summed E-state index contributed by atoms with van der Waals surface area (Å²) in [5, 5.41) is 0. The highest BCUT2D eigenvalue weighted by atomic mass is 16.5. The number of fused-ring (bicyclic) bond motifs is 1. The van der Waals surface area contributed by atoms with Crippen LogP contribution in [0.25, 0.3) is 11.0 Å². The number of para-hydroxylation sites is 2. The van der Waals surface area contributed by atoms with Crippen LogP contribution in [-0.2, 0) is 19.6 Å². The van der Waals surface area contributed by atoms with Crippen molar-refractivity contribution in [2.75, 3.05) is 13.7 Å². The summed E-state index contributed by atoms with van der Waals surface area (Å²) in [5.41, 5.74) is 3.34. The molecule has 30 heavy (non-hydrogen) atoms. The van der Waals surface area contributed by atoms with Crippen molar-refractivity contribution in [1.82, 2.24) is 9.55 Å². The first-order chi connectivity index (χ1) is 14.8. The SMILES string of the molecule is CCc1ccc(OCc2nc3ccccc3n2CCOc2ccc(OC)cc2)cc1. The minimum Gasteiger partial charge on any atom is -0.497 e. The van der Waals surface area contributed by atoms with Gasteiger partial charge in [0.25, 0.3) is 0 Å². The van der Waals surface area contributed by atoms with Crippen LogP contribution in [0, 0.1) is 0 Å². The summed E-state index contributed by atoms with van der Waals surface area (Å²) in [5.74, 6) is 3.36. The zero-order valence-electron chi connectivity index (χ0n) is 17.4. The van der Waals surface area contributed by atoms with Gasteiger partial charge in [-0.15, -0.1) is 0 Å². The molecule has 3 aromatic carbocycles. The van der Waals surface area contributed by atoms with Crippen molar-refractivity contribution >= 4 is 11.0 Å². The molecule has 0 amide bonds. The number of aromatic nitrogens is 2. The van der Waals surface area contributed by atoms with E-state index in [1.165, 1.54) is 5.56 Å². The Hall–Kier alpha value is -3.47. The average Bonchev–Trinajstić information content (AvgIpc) is 3.16. The normalized spacial score (nSPS) is 10.9. The van der Waals surface area contributed by atoms with Crippen LogP contribution in [0.4, 0.5) is 0 Å². The molecule has 0 spiro atoms. The Balaban J connectivity index is 1.46. The van der Waals surface area contributed by atoms with E-state index in [0.717, 1.165) is 40.5 Å². The number of ether oxygens (including phenoxy) is 3. The zero-order valence-corrected chi connectivity index (χ0v) is 17.4. The van der Waals surface area contributed by atoms with Crippen LogP contribution < -0.4 is 14.2 Å². The Kier molecular flexibility index (Phi) is 6.18. The van der Waals surface area contributed by atoms with Gasteiger partial charge < -0.3 is 18.8 Å². The Morgan fingerprint density at radius 3 is 2.20 bits per heavy atom. The van der Waals surface area contributed by atoms with Gasteiger partial charge in [-0.1, -0.05) is 31.2 Å². The second-order valence-corrected chi connectivity index (χ2v) is 6.98. The van der Waals surface area contributed by atoms with E-state index in [2.05, 4.69) is 29.7 Å². The van der Waals surface area contributed by atoms with Crippen molar-refractivity contribution in [3.63, 3.8) is 0 Å². The van der Waals surface area contributed by atoms with Gasteiger partial charge in [-0.3, -0.25) is 0 Å². The predicted octanol–water partition coefficient (Wildman–Crippen LogP) is 5.27. The molecule has 0 unspecified atom stereocenters. The van der Waals surface area contributed by atoms with Crippen molar-refractivity contribution in [2.24, 2.45) is 0 Å². The minimum absolute atomic E-state index is 0.405. The van der Waals surface area contributed by atoms with Crippen LogP contribution in [-0.4, -0.2) is 23.3 Å². The molecule has 0 atom stereocenters. The summed E-state index contributed by atoms with van der Waals surface area (Å²) < 4.78 is 19.3. The van der Waals surface area contributed by atoms with Crippen molar-refractivity contribution < 1.29 is 14.2 Å². The Morgan fingerprint density at radius 1 is 0.800 bits per heavy atom. The number of hydrogen-bond acceptors (Lipinski definition) is 4. The molecule has 0 radical (unpaired) electrons. The van der Waals surface area contributed by atoms with E-state index in [0.29, 0.717) is 19.8 Å². The van der Waals surface area contributed by atoms with Gasteiger partial charge in [-0.2, -0.15) is 0 Å². The molecule has 0 aliphatic carbocycles. The van der Waals surface area contributed by atoms with Gasteiger partial charge >= 0.3 is 0 Å². The lowest BCUT2D eigenvalue weighted by molar-refractivity contribution is 0.272. The lowest BCUT2D eigenvalue weighted by atomic mass is 10.2. The van der Waals surface area contributed by atoms with Crippen LogP contribution >= 0.6 is 0 Å². The molecule has 0 N–H and O–H groups in total. The molecule has 1 aromatic heterocycles. The topological polar surface area (TPSA) is 45.5 Å². The molecule has 0 aliphatic heterocycles. The number of hydrogen-bond donors (Lipinski definition) is 0. The molecule has 5 nitrogen and oxygen atoms in total. The number of benzene rings is 3. The number of methoxy groups -OCH3 is 1. The molecule has 0 saturated carbocycles. The van der Waals surface area contributed by atoms with Crippen molar-refractivity contribution in [3.05, 3.63) is 84.2 Å². The Bertz CT molecular complexity index is 1090. The first kappa shape index (κ1) is 19.8. The van der Waals surface area contributed by atoms with E-state index in [1.807, 2.05) is 54.6 Å². The molecule has 5 heteroatoms. The number of rotatable bonds is 9. The van der Waals surface area contributed by atoms with Gasteiger partial charge in [0.2, 0.25) is 0 Å². The Morgan fingerprint density at radius 2 is 1.47 bits per heavy atom. The lowest BCUT2D eigenvalue weighted by Gasteiger charge is -2.12. The van der Waals surface area contributed by atoms with E-state index in [-0.39, 0.29) is 0 Å². The summed E-state index contributed by atoms with van der Waals surface area (Å²) >= 11 is 0. The van der Waals surface area contributed by atoms with Gasteiger partial charge in [-0.25, -0.2) is 4.98 Å². The predicted molar refractivity (Wildman–Crippen MR) is 118 cm³/mol. The van der Waals surface area contributed by atoms with Crippen LogP contribution in [0.15, 0.2) is 72.8 Å². The monoisotopic (exact) mass is 402 g/mol. The second-order valence-electron chi connectivity index (χ2n) is 6.98. The zero-order chi connectivity index (χ0) is 20.8. The quantitative estimate of drug-likeness (QED) is 0.383. The van der Waals surface area contributed by atoms with Crippen LogP contribution in [0.3, 0.4) is 0 Å². The van der Waals surface area contributed by atoms with Gasteiger partial charge in [-0.05, 0) is 60.5 Å². The second kappa shape index (κ2) is 9.35. The van der Waals surface area contributed by atoms with E-state index < -0.39 is 0 Å². The van der Waals surface area contributed by atoms with E-state index in [1.54, 1.807) is 7.11 Å². The fourth-order valence-corrected chi connectivity index (χ4v) is 3.38. The van der Waals surface area contributed by atoms with E-state index in [9.17, 15) is 0 Å². The third kappa shape index (κ3) is 4.57. The highest BCUT2D eigenvalue weighted by molar-refractivity contribution is 5.75. The molecular weight excluding hydrogens is 376 g/mol. The average molecular weight is 402 g/mol. The molecule has 0 bridgehead atoms. The molecular formula is C25H26N2O3. The largest absolute Gasteiger partial charge is 0.497 e. The van der Waals surface area contributed by atoms with Crippen LogP contribution in [0.2, 0.25) is 0 Å². The minimum atomic E-state index is 0.405. The summed E-state index contributed by atoms with van der Waals surface area (Å²) in [6.07, 6.45) is 1.02. The van der Waals surface area contributed by atoms with Crippen molar-refractivity contribution in [2.45, 2.75) is 26.5 Å². The number of aryl methyl sites for hydroxylation is 1. The van der Waals surface area contributed by atoms with Gasteiger partial charge in [0.1, 0.15) is 36.3 Å². The van der Waals surface area contributed by atoms with Gasteiger partial charge in [0, 0.05) is 0 Å². The highest BCUT2D eigenvalue weighted by Gasteiger charge is 2.11.